The zero-order chi connectivity index (χ0) is 25.5. The monoisotopic (exact) mass is 510 g/mol. The third kappa shape index (κ3) is 3.05. The number of hydrogen-bond donors (Lipinski definition) is 0. The van der Waals surface area contributed by atoms with Gasteiger partial charge in [-0.1, -0.05) is 109 Å². The molecule has 0 nitrogen and oxygen atoms in total. The molecule has 9 rings (SSSR count). The Labute approximate surface area is 229 Å². The molecule has 1 heterocycles. The molecular weight excluding hydrogens is 488 g/mol. The Bertz CT molecular complexity index is 2390. The van der Waals surface area contributed by atoms with Crippen molar-refractivity contribution in [1.29, 1.82) is 0 Å². The van der Waals surface area contributed by atoms with Crippen LogP contribution in [-0.2, 0) is 0 Å². The Hall–Kier alpha value is -4.72. The molecule has 0 saturated heterocycles. The van der Waals surface area contributed by atoms with Gasteiger partial charge in [0.15, 0.2) is 0 Å². The summed E-state index contributed by atoms with van der Waals surface area (Å²) in [7, 11) is 0. The fraction of sp³-hybridized carbons (Fsp3) is 0. The highest BCUT2D eigenvalue weighted by molar-refractivity contribution is 7.26. The van der Waals surface area contributed by atoms with Gasteiger partial charge in [0, 0.05) is 20.2 Å². The van der Waals surface area contributed by atoms with Gasteiger partial charge >= 0.3 is 0 Å². The summed E-state index contributed by atoms with van der Waals surface area (Å²) >= 11 is 1.92. The van der Waals surface area contributed by atoms with Crippen molar-refractivity contribution < 1.29 is 0 Å². The predicted molar refractivity (Wildman–Crippen MR) is 171 cm³/mol. The zero-order valence-corrected chi connectivity index (χ0v) is 21.9. The van der Waals surface area contributed by atoms with Crippen LogP contribution in [0.1, 0.15) is 0 Å². The first-order valence-corrected chi connectivity index (χ1v) is 14.2. The molecule has 9 aromatic rings. The highest BCUT2D eigenvalue weighted by atomic mass is 32.1. The Kier molecular flexibility index (Phi) is 4.30. The zero-order valence-electron chi connectivity index (χ0n) is 21.1. The molecule has 180 valence electrons. The maximum Gasteiger partial charge on any atom is 0.0440 e. The average Bonchev–Trinajstić information content (AvgIpc) is 3.40. The molecule has 0 aliphatic heterocycles. The van der Waals surface area contributed by atoms with Crippen LogP contribution in [0.25, 0.3) is 85.5 Å². The molecule has 0 spiro atoms. The van der Waals surface area contributed by atoms with Crippen LogP contribution in [0.15, 0.2) is 133 Å². The van der Waals surface area contributed by atoms with Gasteiger partial charge in [-0.15, -0.1) is 11.3 Å². The molecule has 0 bridgehead atoms. The minimum Gasteiger partial charge on any atom is -0.134 e. The molecule has 0 unspecified atom stereocenters. The van der Waals surface area contributed by atoms with Gasteiger partial charge in [0.1, 0.15) is 0 Å². The SMILES string of the molecule is c1ccc2c(c1)cc(-c1ccc3ccc(-c4ccc5ccc6cccc7sc4c5c67)cc3c1)c1ccccc12. The van der Waals surface area contributed by atoms with Gasteiger partial charge in [-0.3, -0.25) is 0 Å². The van der Waals surface area contributed by atoms with E-state index in [4.69, 9.17) is 0 Å². The summed E-state index contributed by atoms with van der Waals surface area (Å²) in [6.07, 6.45) is 0. The average molecular weight is 511 g/mol. The van der Waals surface area contributed by atoms with Crippen LogP contribution < -0.4 is 0 Å². The number of benzene rings is 8. The van der Waals surface area contributed by atoms with E-state index in [2.05, 4.69) is 133 Å². The van der Waals surface area contributed by atoms with Crippen molar-refractivity contribution in [3.8, 4) is 22.3 Å². The largest absolute Gasteiger partial charge is 0.134 e. The van der Waals surface area contributed by atoms with Crippen LogP contribution in [0, 0.1) is 0 Å². The number of rotatable bonds is 2. The van der Waals surface area contributed by atoms with Crippen LogP contribution in [0.3, 0.4) is 0 Å². The van der Waals surface area contributed by atoms with Crippen LogP contribution >= 0.6 is 11.3 Å². The Morgan fingerprint density at radius 2 is 1.00 bits per heavy atom. The summed E-state index contributed by atoms with van der Waals surface area (Å²) in [5.41, 5.74) is 5.14. The topological polar surface area (TPSA) is 0 Å². The maximum absolute atomic E-state index is 2.38. The second-order valence-electron chi connectivity index (χ2n) is 10.5. The van der Waals surface area contributed by atoms with Gasteiger partial charge in [0.05, 0.1) is 0 Å². The van der Waals surface area contributed by atoms with Gasteiger partial charge in [-0.05, 0) is 89.6 Å². The van der Waals surface area contributed by atoms with Crippen molar-refractivity contribution in [2.24, 2.45) is 0 Å². The van der Waals surface area contributed by atoms with Crippen molar-refractivity contribution >= 4 is 74.6 Å². The summed E-state index contributed by atoms with van der Waals surface area (Å²) in [5, 5.41) is 13.2. The van der Waals surface area contributed by atoms with Crippen molar-refractivity contribution in [1.82, 2.24) is 0 Å². The van der Waals surface area contributed by atoms with Gasteiger partial charge in [-0.25, -0.2) is 0 Å². The molecular formula is C38H22S. The molecule has 39 heavy (non-hydrogen) atoms. The fourth-order valence-corrected chi connectivity index (χ4v) is 7.84. The van der Waals surface area contributed by atoms with E-state index in [1.54, 1.807) is 0 Å². The van der Waals surface area contributed by atoms with Crippen LogP contribution in [0.2, 0.25) is 0 Å². The number of thiophene rings is 1. The molecule has 0 aliphatic rings. The van der Waals surface area contributed by atoms with Gasteiger partial charge in [-0.2, -0.15) is 0 Å². The third-order valence-electron chi connectivity index (χ3n) is 8.38. The second-order valence-corrected chi connectivity index (χ2v) is 11.6. The highest BCUT2D eigenvalue weighted by Crippen LogP contribution is 2.45. The third-order valence-corrected chi connectivity index (χ3v) is 9.57. The second kappa shape index (κ2) is 7.89. The summed E-state index contributed by atoms with van der Waals surface area (Å²) < 4.78 is 2.75. The first kappa shape index (κ1) is 21.2. The van der Waals surface area contributed by atoms with E-state index in [0.717, 1.165) is 0 Å². The Morgan fingerprint density at radius 3 is 1.85 bits per heavy atom. The highest BCUT2D eigenvalue weighted by Gasteiger charge is 2.15. The molecule has 8 aromatic carbocycles. The van der Waals surface area contributed by atoms with Gasteiger partial charge < -0.3 is 0 Å². The lowest BCUT2D eigenvalue weighted by Crippen LogP contribution is -1.86. The number of hydrogen-bond acceptors (Lipinski definition) is 1. The van der Waals surface area contributed by atoms with Gasteiger partial charge in [0.25, 0.3) is 0 Å². The van der Waals surface area contributed by atoms with E-state index in [1.165, 1.54) is 85.5 Å². The molecule has 0 atom stereocenters. The van der Waals surface area contributed by atoms with Crippen LogP contribution in [-0.4, -0.2) is 0 Å². The molecule has 0 amide bonds. The van der Waals surface area contributed by atoms with Crippen molar-refractivity contribution in [2.75, 3.05) is 0 Å². The van der Waals surface area contributed by atoms with Crippen LogP contribution in [0.5, 0.6) is 0 Å². The molecule has 0 saturated carbocycles. The lowest BCUT2D eigenvalue weighted by Gasteiger charge is -2.12. The normalized spacial score (nSPS) is 12.1. The molecule has 1 aromatic heterocycles. The lowest BCUT2D eigenvalue weighted by molar-refractivity contribution is 1.68. The quantitative estimate of drug-likeness (QED) is 0.203. The first-order valence-electron chi connectivity index (χ1n) is 13.4. The van der Waals surface area contributed by atoms with Crippen LogP contribution in [0.4, 0.5) is 0 Å². The molecule has 0 N–H and O–H groups in total. The summed E-state index contributed by atoms with van der Waals surface area (Å²) in [4.78, 5) is 0. The summed E-state index contributed by atoms with van der Waals surface area (Å²) in [5.74, 6) is 0. The predicted octanol–water partition coefficient (Wildman–Crippen LogP) is 11.4. The smallest absolute Gasteiger partial charge is 0.0440 e. The van der Waals surface area contributed by atoms with E-state index in [1.807, 2.05) is 11.3 Å². The minimum absolute atomic E-state index is 1.26. The lowest BCUT2D eigenvalue weighted by atomic mass is 9.91. The van der Waals surface area contributed by atoms with Crippen molar-refractivity contribution in [3.63, 3.8) is 0 Å². The van der Waals surface area contributed by atoms with E-state index in [0.29, 0.717) is 0 Å². The maximum atomic E-state index is 2.38. The molecule has 0 aliphatic carbocycles. The summed E-state index contributed by atoms with van der Waals surface area (Å²) in [6.45, 7) is 0. The molecule has 1 heteroatoms. The van der Waals surface area contributed by atoms with Crippen molar-refractivity contribution in [3.05, 3.63) is 133 Å². The van der Waals surface area contributed by atoms with E-state index in [9.17, 15) is 0 Å². The Balaban J connectivity index is 1.27. The first-order chi connectivity index (χ1) is 19.3. The van der Waals surface area contributed by atoms with Crippen molar-refractivity contribution in [2.45, 2.75) is 0 Å². The standard InChI is InChI=1S/C38H22S/c1-2-8-30-26(6-1)22-34(33-10-4-3-9-32(30)33)28-17-13-23-12-16-27(20-29(23)21-28)31-19-18-25-15-14-24-7-5-11-35-36(24)37(25)38(31)39-35/h1-22H. The molecule has 0 fully saturated rings. The fourth-order valence-electron chi connectivity index (χ4n) is 6.53. The minimum atomic E-state index is 1.26. The van der Waals surface area contributed by atoms with Gasteiger partial charge in [0.2, 0.25) is 0 Å². The summed E-state index contributed by atoms with van der Waals surface area (Å²) in [6, 6.07) is 49.5. The Morgan fingerprint density at radius 1 is 0.359 bits per heavy atom. The number of fused-ring (bicyclic) bond motifs is 4. The van der Waals surface area contributed by atoms with E-state index < -0.39 is 0 Å². The molecule has 0 radical (unpaired) electrons. The van der Waals surface area contributed by atoms with E-state index >= 15 is 0 Å². The van der Waals surface area contributed by atoms with E-state index in [-0.39, 0.29) is 0 Å².